The molecule has 0 aliphatic heterocycles. The predicted octanol–water partition coefficient (Wildman–Crippen LogP) is 4.18. The summed E-state index contributed by atoms with van der Waals surface area (Å²) in [4.78, 5) is 0. The van der Waals surface area contributed by atoms with Crippen LogP contribution in [0.3, 0.4) is 0 Å². The lowest BCUT2D eigenvalue weighted by molar-refractivity contribution is 0.177. The first-order valence-electron chi connectivity index (χ1n) is 6.77. The molecule has 2 rings (SSSR count). The van der Waals surface area contributed by atoms with Gasteiger partial charge in [-0.25, -0.2) is 0 Å². The molecule has 0 radical (unpaired) electrons. The van der Waals surface area contributed by atoms with Gasteiger partial charge in [-0.2, -0.15) is 5.26 Å². The first-order chi connectivity index (χ1) is 8.50. The zero-order chi connectivity index (χ0) is 13.2. The van der Waals surface area contributed by atoms with E-state index in [1.807, 2.05) is 24.3 Å². The van der Waals surface area contributed by atoms with Gasteiger partial charge in [0.05, 0.1) is 11.6 Å². The van der Waals surface area contributed by atoms with Crippen molar-refractivity contribution in [3.63, 3.8) is 0 Å². The van der Waals surface area contributed by atoms with Crippen molar-refractivity contribution >= 4 is 5.69 Å². The third-order valence-corrected chi connectivity index (χ3v) is 4.06. The van der Waals surface area contributed by atoms with Gasteiger partial charge in [-0.05, 0) is 54.9 Å². The van der Waals surface area contributed by atoms with Gasteiger partial charge in [-0.3, -0.25) is 0 Å². The average molecular weight is 242 g/mol. The number of nitrogens with zero attached hydrogens (tertiary/aromatic N) is 1. The fraction of sp³-hybridized carbons (Fsp3) is 0.562. The van der Waals surface area contributed by atoms with Gasteiger partial charge >= 0.3 is 0 Å². The van der Waals surface area contributed by atoms with Crippen LogP contribution in [-0.4, -0.2) is 6.04 Å². The van der Waals surface area contributed by atoms with Gasteiger partial charge in [0.15, 0.2) is 0 Å². The highest BCUT2D eigenvalue weighted by Crippen LogP contribution is 2.39. The average Bonchev–Trinajstić information content (AvgIpc) is 2.33. The zero-order valence-corrected chi connectivity index (χ0v) is 11.5. The summed E-state index contributed by atoms with van der Waals surface area (Å²) in [6.07, 6.45) is 3.79. The highest BCUT2D eigenvalue weighted by atomic mass is 14.9. The highest BCUT2D eigenvalue weighted by molar-refractivity contribution is 5.48. The van der Waals surface area contributed by atoms with Crippen LogP contribution in [0.15, 0.2) is 24.3 Å². The van der Waals surface area contributed by atoms with Gasteiger partial charge in [0.2, 0.25) is 0 Å². The Morgan fingerprint density at radius 3 is 2.50 bits per heavy atom. The van der Waals surface area contributed by atoms with Crippen LogP contribution in [0.2, 0.25) is 0 Å². The number of rotatable bonds is 2. The smallest absolute Gasteiger partial charge is 0.0991 e. The maximum atomic E-state index is 8.78. The number of anilines is 1. The van der Waals surface area contributed by atoms with Gasteiger partial charge in [0.25, 0.3) is 0 Å². The molecular weight excluding hydrogens is 220 g/mol. The normalized spacial score (nSPS) is 26.3. The van der Waals surface area contributed by atoms with Crippen molar-refractivity contribution in [3.05, 3.63) is 29.8 Å². The van der Waals surface area contributed by atoms with E-state index in [-0.39, 0.29) is 0 Å². The third kappa shape index (κ3) is 3.04. The minimum Gasteiger partial charge on any atom is -0.382 e. The first-order valence-corrected chi connectivity index (χ1v) is 6.77. The van der Waals surface area contributed by atoms with Crippen molar-refractivity contribution in [2.24, 2.45) is 11.3 Å². The minimum absolute atomic E-state index is 0.488. The second-order valence-electron chi connectivity index (χ2n) is 6.32. The summed E-state index contributed by atoms with van der Waals surface area (Å²) in [6.45, 7) is 7.06. The summed E-state index contributed by atoms with van der Waals surface area (Å²) in [7, 11) is 0. The lowest BCUT2D eigenvalue weighted by atomic mass is 9.70. The van der Waals surface area contributed by atoms with E-state index in [0.717, 1.165) is 11.3 Å². The van der Waals surface area contributed by atoms with Crippen LogP contribution in [-0.2, 0) is 0 Å². The maximum Gasteiger partial charge on any atom is 0.0991 e. The monoisotopic (exact) mass is 242 g/mol. The molecule has 0 heterocycles. The van der Waals surface area contributed by atoms with Gasteiger partial charge in [0, 0.05) is 11.7 Å². The number of nitriles is 1. The Bertz CT molecular complexity index is 439. The zero-order valence-electron chi connectivity index (χ0n) is 11.5. The van der Waals surface area contributed by atoms with Crippen LogP contribution in [0.4, 0.5) is 5.69 Å². The van der Waals surface area contributed by atoms with E-state index in [1.165, 1.54) is 19.3 Å². The molecule has 1 fully saturated rings. The fourth-order valence-corrected chi connectivity index (χ4v) is 3.02. The number of hydrogen-bond donors (Lipinski definition) is 1. The van der Waals surface area contributed by atoms with E-state index in [4.69, 9.17) is 5.26 Å². The second-order valence-corrected chi connectivity index (χ2v) is 6.32. The van der Waals surface area contributed by atoms with Crippen LogP contribution in [0.25, 0.3) is 0 Å². The lowest BCUT2D eigenvalue weighted by Gasteiger charge is -2.40. The molecule has 1 aliphatic carbocycles. The second kappa shape index (κ2) is 5.02. The van der Waals surface area contributed by atoms with E-state index in [9.17, 15) is 0 Å². The van der Waals surface area contributed by atoms with Crippen LogP contribution in [0.1, 0.15) is 45.6 Å². The van der Waals surface area contributed by atoms with E-state index >= 15 is 0 Å². The molecule has 2 atom stereocenters. The fourth-order valence-electron chi connectivity index (χ4n) is 3.02. The molecule has 0 amide bonds. The molecule has 2 unspecified atom stereocenters. The summed E-state index contributed by atoms with van der Waals surface area (Å²) >= 11 is 0. The molecule has 1 saturated carbocycles. The van der Waals surface area contributed by atoms with Crippen LogP contribution in [0, 0.1) is 22.7 Å². The summed E-state index contributed by atoms with van der Waals surface area (Å²) in [5.41, 5.74) is 2.34. The molecule has 0 aromatic heterocycles. The SMILES string of the molecule is CC1CC(C)(C)CCC1Nc1ccc(C#N)cc1. The molecule has 0 saturated heterocycles. The van der Waals surface area contributed by atoms with Crippen molar-refractivity contribution < 1.29 is 0 Å². The highest BCUT2D eigenvalue weighted by Gasteiger charge is 2.32. The maximum absolute atomic E-state index is 8.78. The quantitative estimate of drug-likeness (QED) is 0.844. The molecule has 96 valence electrons. The van der Waals surface area contributed by atoms with Crippen molar-refractivity contribution in [1.29, 1.82) is 5.26 Å². The Kier molecular flexibility index (Phi) is 3.61. The molecule has 2 heteroatoms. The summed E-state index contributed by atoms with van der Waals surface area (Å²) in [6, 6.07) is 10.5. The van der Waals surface area contributed by atoms with E-state index < -0.39 is 0 Å². The topological polar surface area (TPSA) is 35.8 Å². The van der Waals surface area contributed by atoms with Gasteiger partial charge < -0.3 is 5.32 Å². The molecule has 1 aliphatic rings. The van der Waals surface area contributed by atoms with E-state index in [0.29, 0.717) is 17.4 Å². The number of nitrogens with one attached hydrogen (secondary N) is 1. The Hall–Kier alpha value is -1.49. The molecular formula is C16H22N2. The minimum atomic E-state index is 0.488. The first kappa shape index (κ1) is 13.0. The van der Waals surface area contributed by atoms with Gasteiger partial charge in [-0.1, -0.05) is 20.8 Å². The summed E-state index contributed by atoms with van der Waals surface area (Å²) < 4.78 is 0. The molecule has 1 N–H and O–H groups in total. The van der Waals surface area contributed by atoms with Crippen LogP contribution < -0.4 is 5.32 Å². The van der Waals surface area contributed by atoms with E-state index in [2.05, 4.69) is 32.2 Å². The van der Waals surface area contributed by atoms with Crippen molar-refractivity contribution in [3.8, 4) is 6.07 Å². The van der Waals surface area contributed by atoms with Crippen molar-refractivity contribution in [1.82, 2.24) is 0 Å². The molecule has 1 aromatic rings. The van der Waals surface area contributed by atoms with Crippen molar-refractivity contribution in [2.75, 3.05) is 5.32 Å². The van der Waals surface area contributed by atoms with Gasteiger partial charge in [0.1, 0.15) is 0 Å². The molecule has 2 nitrogen and oxygen atoms in total. The molecule has 1 aromatic carbocycles. The summed E-state index contributed by atoms with van der Waals surface area (Å²) in [5.74, 6) is 0.699. The standard InChI is InChI=1S/C16H22N2/c1-12-10-16(2,3)9-8-15(12)18-14-6-4-13(11-17)5-7-14/h4-7,12,15,18H,8-10H2,1-3H3. The van der Waals surface area contributed by atoms with Crippen LogP contribution in [0.5, 0.6) is 0 Å². The number of benzene rings is 1. The summed E-state index contributed by atoms with van der Waals surface area (Å²) in [5, 5.41) is 12.4. The number of hydrogen-bond acceptors (Lipinski definition) is 2. The Morgan fingerprint density at radius 2 is 1.94 bits per heavy atom. The van der Waals surface area contributed by atoms with E-state index in [1.54, 1.807) is 0 Å². The predicted molar refractivity (Wildman–Crippen MR) is 75.4 cm³/mol. The third-order valence-electron chi connectivity index (χ3n) is 4.06. The van der Waals surface area contributed by atoms with Gasteiger partial charge in [-0.15, -0.1) is 0 Å². The Balaban J connectivity index is 1.99. The molecule has 0 bridgehead atoms. The van der Waals surface area contributed by atoms with Crippen LogP contribution >= 0.6 is 0 Å². The largest absolute Gasteiger partial charge is 0.382 e. The molecule has 18 heavy (non-hydrogen) atoms. The Morgan fingerprint density at radius 1 is 1.28 bits per heavy atom. The Labute approximate surface area is 110 Å². The molecule has 0 spiro atoms. The van der Waals surface area contributed by atoms with Crippen molar-refractivity contribution in [2.45, 2.75) is 46.1 Å². The lowest BCUT2D eigenvalue weighted by Crippen LogP contribution is -2.36.